The van der Waals surface area contributed by atoms with Crippen molar-refractivity contribution in [2.24, 2.45) is 0 Å². The molecule has 1 aromatic rings. The Labute approximate surface area is 129 Å². The summed E-state index contributed by atoms with van der Waals surface area (Å²) in [5.74, 6) is 0. The van der Waals surface area contributed by atoms with E-state index in [1.165, 1.54) is 12.1 Å². The van der Waals surface area contributed by atoms with Gasteiger partial charge >= 0.3 is 12.2 Å². The van der Waals surface area contributed by atoms with Crippen molar-refractivity contribution in [3.8, 4) is 0 Å². The molecular formula is C14H16BrF3N2O. The Balaban J connectivity index is 2.06. The molecule has 0 heterocycles. The van der Waals surface area contributed by atoms with Crippen LogP contribution in [0.5, 0.6) is 0 Å². The minimum Gasteiger partial charge on any atom is -0.335 e. The molecule has 1 aliphatic carbocycles. The maximum atomic E-state index is 12.9. The highest BCUT2D eigenvalue weighted by Gasteiger charge is 2.34. The first-order chi connectivity index (χ1) is 9.86. The van der Waals surface area contributed by atoms with Crippen LogP contribution < -0.4 is 10.6 Å². The lowest BCUT2D eigenvalue weighted by Crippen LogP contribution is -2.39. The van der Waals surface area contributed by atoms with Gasteiger partial charge in [-0.25, -0.2) is 4.79 Å². The van der Waals surface area contributed by atoms with Gasteiger partial charge in [0.2, 0.25) is 0 Å². The van der Waals surface area contributed by atoms with Gasteiger partial charge in [0.25, 0.3) is 0 Å². The molecule has 0 bridgehead atoms. The van der Waals surface area contributed by atoms with Crippen molar-refractivity contribution < 1.29 is 18.0 Å². The number of anilines is 1. The van der Waals surface area contributed by atoms with Gasteiger partial charge in [0.05, 0.1) is 11.3 Å². The lowest BCUT2D eigenvalue weighted by atomic mass is 9.96. The summed E-state index contributed by atoms with van der Waals surface area (Å²) >= 11 is 3.01. The van der Waals surface area contributed by atoms with Crippen molar-refractivity contribution in [3.63, 3.8) is 0 Å². The first kappa shape index (κ1) is 16.1. The third kappa shape index (κ3) is 4.62. The summed E-state index contributed by atoms with van der Waals surface area (Å²) in [5, 5.41) is 5.03. The molecule has 116 valence electrons. The standard InChI is InChI=1S/C14H16BrF3N2O/c15-9-6-7-12(11(8-9)14(16,17)18)20-13(21)19-10-4-2-1-3-5-10/h6-8,10H,1-5H2,(H2,19,20,21). The van der Waals surface area contributed by atoms with Crippen LogP contribution in [0.3, 0.4) is 0 Å². The fraction of sp³-hybridized carbons (Fsp3) is 0.500. The summed E-state index contributed by atoms with van der Waals surface area (Å²) in [4.78, 5) is 11.8. The molecule has 7 heteroatoms. The first-order valence-corrected chi connectivity index (χ1v) is 7.60. The predicted molar refractivity (Wildman–Crippen MR) is 78.2 cm³/mol. The molecule has 1 aromatic carbocycles. The molecule has 0 spiro atoms. The van der Waals surface area contributed by atoms with E-state index in [2.05, 4.69) is 26.6 Å². The maximum absolute atomic E-state index is 12.9. The number of nitrogens with one attached hydrogen (secondary N) is 2. The molecule has 0 aromatic heterocycles. The van der Waals surface area contributed by atoms with Gasteiger partial charge in [-0.2, -0.15) is 13.2 Å². The van der Waals surface area contributed by atoms with E-state index in [4.69, 9.17) is 0 Å². The second-order valence-electron chi connectivity index (χ2n) is 5.12. The van der Waals surface area contributed by atoms with E-state index in [1.54, 1.807) is 0 Å². The molecule has 3 nitrogen and oxygen atoms in total. The second kappa shape index (κ2) is 6.68. The molecule has 0 atom stereocenters. The molecule has 1 fully saturated rings. The van der Waals surface area contributed by atoms with Gasteiger partial charge in [-0.15, -0.1) is 0 Å². The molecule has 2 N–H and O–H groups in total. The summed E-state index contributed by atoms with van der Waals surface area (Å²) in [7, 11) is 0. The van der Waals surface area contributed by atoms with Gasteiger partial charge in [0.15, 0.2) is 0 Å². The number of carbonyl (C=O) groups excluding carboxylic acids is 1. The van der Waals surface area contributed by atoms with Crippen molar-refractivity contribution >= 4 is 27.6 Å². The summed E-state index contributed by atoms with van der Waals surface area (Å²) in [6, 6.07) is 3.12. The smallest absolute Gasteiger partial charge is 0.335 e. The van der Waals surface area contributed by atoms with E-state index in [0.29, 0.717) is 4.47 Å². The lowest BCUT2D eigenvalue weighted by molar-refractivity contribution is -0.136. The molecule has 0 radical (unpaired) electrons. The number of amides is 2. The van der Waals surface area contributed by atoms with E-state index in [0.717, 1.165) is 38.2 Å². The molecule has 2 rings (SSSR count). The van der Waals surface area contributed by atoms with Crippen LogP contribution in [-0.4, -0.2) is 12.1 Å². The molecule has 21 heavy (non-hydrogen) atoms. The minimum absolute atomic E-state index is 0.0449. The number of hydrogen-bond donors (Lipinski definition) is 2. The van der Waals surface area contributed by atoms with Crippen molar-refractivity contribution in [1.29, 1.82) is 0 Å². The van der Waals surface area contributed by atoms with E-state index in [-0.39, 0.29) is 11.7 Å². The Morgan fingerprint density at radius 1 is 1.19 bits per heavy atom. The molecule has 0 saturated heterocycles. The number of carbonyl (C=O) groups is 1. The Morgan fingerprint density at radius 3 is 2.48 bits per heavy atom. The minimum atomic E-state index is -4.52. The van der Waals surface area contributed by atoms with Crippen LogP contribution in [0.15, 0.2) is 22.7 Å². The number of rotatable bonds is 2. The molecule has 2 amide bonds. The maximum Gasteiger partial charge on any atom is 0.418 e. The molecule has 1 saturated carbocycles. The highest BCUT2D eigenvalue weighted by molar-refractivity contribution is 9.10. The van der Waals surface area contributed by atoms with Crippen molar-refractivity contribution in [1.82, 2.24) is 5.32 Å². The third-order valence-corrected chi connectivity index (χ3v) is 3.97. The fourth-order valence-corrected chi connectivity index (χ4v) is 2.81. The average Bonchev–Trinajstić information content (AvgIpc) is 2.40. The largest absolute Gasteiger partial charge is 0.418 e. The normalized spacial score (nSPS) is 16.6. The van der Waals surface area contributed by atoms with Gasteiger partial charge in [-0.05, 0) is 31.0 Å². The SMILES string of the molecule is O=C(Nc1ccc(Br)cc1C(F)(F)F)NC1CCCCC1. The topological polar surface area (TPSA) is 41.1 Å². The van der Waals surface area contributed by atoms with Gasteiger partial charge < -0.3 is 10.6 Å². The van der Waals surface area contributed by atoms with Crippen LogP contribution in [0.4, 0.5) is 23.7 Å². The molecular weight excluding hydrogens is 349 g/mol. The van der Waals surface area contributed by atoms with Crippen molar-refractivity contribution in [2.45, 2.75) is 44.3 Å². The number of benzene rings is 1. The number of alkyl halides is 3. The molecule has 0 aliphatic heterocycles. The van der Waals surface area contributed by atoms with Gasteiger partial charge in [0.1, 0.15) is 0 Å². The summed E-state index contributed by atoms with van der Waals surface area (Å²) in [5.41, 5.74) is -1.10. The number of hydrogen-bond acceptors (Lipinski definition) is 1. The zero-order valence-electron chi connectivity index (χ0n) is 11.3. The van der Waals surface area contributed by atoms with Crippen molar-refractivity contribution in [2.75, 3.05) is 5.32 Å². The van der Waals surface area contributed by atoms with E-state index < -0.39 is 17.8 Å². The van der Waals surface area contributed by atoms with Gasteiger partial charge in [0, 0.05) is 10.5 Å². The highest BCUT2D eigenvalue weighted by Crippen LogP contribution is 2.36. The second-order valence-corrected chi connectivity index (χ2v) is 6.04. The van der Waals surface area contributed by atoms with E-state index in [1.807, 2.05) is 0 Å². The van der Waals surface area contributed by atoms with Crippen LogP contribution in [-0.2, 0) is 6.18 Å². The van der Waals surface area contributed by atoms with Crippen LogP contribution >= 0.6 is 15.9 Å². The Bertz CT molecular complexity index is 513. The number of halogens is 4. The molecule has 1 aliphatic rings. The first-order valence-electron chi connectivity index (χ1n) is 6.80. The fourth-order valence-electron chi connectivity index (χ4n) is 2.45. The number of urea groups is 1. The monoisotopic (exact) mass is 364 g/mol. The lowest BCUT2D eigenvalue weighted by Gasteiger charge is -2.23. The zero-order valence-corrected chi connectivity index (χ0v) is 12.9. The summed E-state index contributed by atoms with van der Waals surface area (Å²) in [6.07, 6.45) is 0.454. The predicted octanol–water partition coefficient (Wildman–Crippen LogP) is 4.92. The Hall–Kier alpha value is -1.24. The van der Waals surface area contributed by atoms with Gasteiger partial charge in [-0.3, -0.25) is 0 Å². The van der Waals surface area contributed by atoms with Crippen LogP contribution in [0.1, 0.15) is 37.7 Å². The summed E-state index contributed by atoms with van der Waals surface area (Å²) < 4.78 is 39.1. The Kier molecular flexibility index (Phi) is 5.13. The van der Waals surface area contributed by atoms with Crippen LogP contribution in [0, 0.1) is 0 Å². The highest BCUT2D eigenvalue weighted by atomic mass is 79.9. The Morgan fingerprint density at radius 2 is 1.86 bits per heavy atom. The van der Waals surface area contributed by atoms with Crippen LogP contribution in [0.2, 0.25) is 0 Å². The molecule has 0 unspecified atom stereocenters. The van der Waals surface area contributed by atoms with E-state index >= 15 is 0 Å². The summed E-state index contributed by atoms with van der Waals surface area (Å²) in [6.45, 7) is 0. The van der Waals surface area contributed by atoms with Crippen LogP contribution in [0.25, 0.3) is 0 Å². The quantitative estimate of drug-likeness (QED) is 0.767. The average molecular weight is 365 g/mol. The zero-order chi connectivity index (χ0) is 15.5. The van der Waals surface area contributed by atoms with Gasteiger partial charge in [-0.1, -0.05) is 35.2 Å². The van der Waals surface area contributed by atoms with E-state index in [9.17, 15) is 18.0 Å². The van der Waals surface area contributed by atoms with Crippen molar-refractivity contribution in [3.05, 3.63) is 28.2 Å². The third-order valence-electron chi connectivity index (χ3n) is 3.48.